The van der Waals surface area contributed by atoms with E-state index in [0.717, 1.165) is 16.1 Å². The maximum Gasteiger partial charge on any atom is 0.310 e. The van der Waals surface area contributed by atoms with Crippen LogP contribution in [0.1, 0.15) is 16.7 Å². The van der Waals surface area contributed by atoms with Crippen LogP contribution in [0.25, 0.3) is 0 Å². The van der Waals surface area contributed by atoms with Gasteiger partial charge in [-0.1, -0.05) is 11.6 Å². The van der Waals surface area contributed by atoms with Gasteiger partial charge in [0.2, 0.25) is 0 Å². The smallest absolute Gasteiger partial charge is 0.310 e. The summed E-state index contributed by atoms with van der Waals surface area (Å²) in [6.07, 6.45) is -0.431. The number of hydrogen-bond acceptors (Lipinski definition) is 6. The number of aryl methyl sites for hydroxylation is 2. The fraction of sp³-hybridized carbons (Fsp3) is 0.400. The maximum atomic E-state index is 10.7. The van der Waals surface area contributed by atoms with Crippen molar-refractivity contribution in [2.75, 3.05) is 27.4 Å². The monoisotopic (exact) mass is 394 g/mol. The summed E-state index contributed by atoms with van der Waals surface area (Å²) in [4.78, 5) is 0. The Morgan fingerprint density at radius 1 is 1.11 bits per heavy atom. The van der Waals surface area contributed by atoms with Gasteiger partial charge >= 0.3 is 5.97 Å². The SMILES string of the molecule is COc1ccc([C@]2(O)OC[C@@H](COc3cc(C)c(Cl)c(C)c3)O2)cc1OC. The van der Waals surface area contributed by atoms with Crippen molar-refractivity contribution in [2.24, 2.45) is 0 Å². The van der Waals surface area contributed by atoms with E-state index in [4.69, 9.17) is 35.3 Å². The highest BCUT2D eigenvalue weighted by Gasteiger charge is 2.42. The van der Waals surface area contributed by atoms with E-state index in [-0.39, 0.29) is 13.2 Å². The topological polar surface area (TPSA) is 66.4 Å². The van der Waals surface area contributed by atoms with E-state index in [1.54, 1.807) is 25.3 Å². The number of rotatable bonds is 6. The molecule has 0 unspecified atom stereocenters. The Balaban J connectivity index is 1.67. The molecule has 0 bridgehead atoms. The van der Waals surface area contributed by atoms with Gasteiger partial charge < -0.3 is 28.8 Å². The molecule has 1 heterocycles. The Labute approximate surface area is 163 Å². The lowest BCUT2D eigenvalue weighted by molar-refractivity contribution is -0.325. The van der Waals surface area contributed by atoms with Crippen LogP contribution in [-0.4, -0.2) is 38.6 Å². The summed E-state index contributed by atoms with van der Waals surface area (Å²) in [6, 6.07) is 8.70. The van der Waals surface area contributed by atoms with Crippen LogP contribution >= 0.6 is 11.6 Å². The molecule has 0 aromatic heterocycles. The first-order chi connectivity index (χ1) is 12.9. The highest BCUT2D eigenvalue weighted by molar-refractivity contribution is 6.32. The first-order valence-electron chi connectivity index (χ1n) is 8.52. The van der Waals surface area contributed by atoms with Gasteiger partial charge in [0.05, 0.1) is 20.8 Å². The number of benzene rings is 2. The van der Waals surface area contributed by atoms with E-state index in [2.05, 4.69) is 0 Å². The summed E-state index contributed by atoms with van der Waals surface area (Å²) < 4.78 is 27.5. The summed E-state index contributed by atoms with van der Waals surface area (Å²) in [7, 11) is 3.07. The third-order valence-corrected chi connectivity index (χ3v) is 4.98. The molecule has 1 aliphatic heterocycles. The van der Waals surface area contributed by atoms with Crippen LogP contribution < -0.4 is 14.2 Å². The minimum absolute atomic E-state index is 0.191. The van der Waals surface area contributed by atoms with Crippen molar-refractivity contribution in [2.45, 2.75) is 25.9 Å². The molecule has 0 amide bonds. The van der Waals surface area contributed by atoms with E-state index in [0.29, 0.717) is 22.8 Å². The molecule has 3 rings (SSSR count). The molecule has 0 radical (unpaired) electrons. The van der Waals surface area contributed by atoms with Gasteiger partial charge in [-0.05, 0) is 55.3 Å². The van der Waals surface area contributed by atoms with Gasteiger partial charge in [0.1, 0.15) is 18.5 Å². The third kappa shape index (κ3) is 4.14. The summed E-state index contributed by atoms with van der Waals surface area (Å²) in [5.41, 5.74) is 2.30. The van der Waals surface area contributed by atoms with E-state index in [1.807, 2.05) is 26.0 Å². The molecule has 1 saturated heterocycles. The van der Waals surface area contributed by atoms with Crippen LogP contribution in [0, 0.1) is 13.8 Å². The molecule has 6 nitrogen and oxygen atoms in total. The van der Waals surface area contributed by atoms with Gasteiger partial charge in [-0.15, -0.1) is 0 Å². The Kier molecular flexibility index (Phi) is 5.81. The van der Waals surface area contributed by atoms with Gasteiger partial charge in [-0.25, -0.2) is 0 Å². The van der Waals surface area contributed by atoms with Crippen molar-refractivity contribution in [3.05, 3.63) is 52.0 Å². The zero-order valence-electron chi connectivity index (χ0n) is 15.7. The third-order valence-electron chi connectivity index (χ3n) is 4.39. The van der Waals surface area contributed by atoms with E-state index < -0.39 is 12.1 Å². The molecule has 2 atom stereocenters. The molecule has 1 aliphatic rings. The standard InChI is InChI=1S/C20H23ClO6/c1-12-7-15(8-13(2)19(12)21)25-10-16-11-26-20(22,27-16)14-5-6-17(23-3)18(9-14)24-4/h5-9,16,22H,10-11H2,1-4H3/t16-,20+/m1/s1. The number of methoxy groups -OCH3 is 2. The first-order valence-corrected chi connectivity index (χ1v) is 8.90. The van der Waals surface area contributed by atoms with Crippen molar-refractivity contribution in [1.82, 2.24) is 0 Å². The van der Waals surface area contributed by atoms with Gasteiger partial charge in [0.15, 0.2) is 11.5 Å². The molecule has 0 aliphatic carbocycles. The van der Waals surface area contributed by atoms with Crippen LogP contribution in [0.15, 0.2) is 30.3 Å². The van der Waals surface area contributed by atoms with Gasteiger partial charge in [0, 0.05) is 10.6 Å². The Bertz CT molecular complexity index is 801. The fourth-order valence-electron chi connectivity index (χ4n) is 2.94. The average molecular weight is 395 g/mol. The number of halogens is 1. The molecule has 27 heavy (non-hydrogen) atoms. The predicted octanol–water partition coefficient (Wildman–Crippen LogP) is 3.57. The predicted molar refractivity (Wildman–Crippen MR) is 101 cm³/mol. The van der Waals surface area contributed by atoms with Crippen molar-refractivity contribution < 1.29 is 28.8 Å². The van der Waals surface area contributed by atoms with Gasteiger partial charge in [-0.2, -0.15) is 0 Å². The Hall–Kier alpha value is -1.99. The zero-order chi connectivity index (χ0) is 19.6. The number of hydrogen-bond donors (Lipinski definition) is 1. The van der Waals surface area contributed by atoms with E-state index >= 15 is 0 Å². The first kappa shape index (κ1) is 19.8. The normalized spacial score (nSPS) is 21.9. The molecule has 2 aromatic carbocycles. The lowest BCUT2D eigenvalue weighted by Gasteiger charge is -2.22. The molecule has 1 N–H and O–H groups in total. The number of ether oxygens (including phenoxy) is 5. The number of aliphatic hydroxyl groups is 1. The van der Waals surface area contributed by atoms with Crippen LogP contribution in [0.4, 0.5) is 0 Å². The van der Waals surface area contributed by atoms with Crippen molar-refractivity contribution >= 4 is 11.6 Å². The van der Waals surface area contributed by atoms with E-state index in [9.17, 15) is 5.11 Å². The highest BCUT2D eigenvalue weighted by atomic mass is 35.5. The summed E-state index contributed by atoms with van der Waals surface area (Å²) >= 11 is 6.18. The molecular weight excluding hydrogens is 372 g/mol. The molecule has 0 saturated carbocycles. The van der Waals surface area contributed by atoms with Crippen molar-refractivity contribution in [3.63, 3.8) is 0 Å². The minimum Gasteiger partial charge on any atom is -0.493 e. The second-order valence-corrected chi connectivity index (χ2v) is 6.76. The molecule has 1 fully saturated rings. The van der Waals surface area contributed by atoms with E-state index in [1.165, 1.54) is 7.11 Å². The second kappa shape index (κ2) is 7.94. The average Bonchev–Trinajstić information content (AvgIpc) is 3.06. The molecular formula is C20H23ClO6. The quantitative estimate of drug-likeness (QED) is 0.808. The Morgan fingerprint density at radius 2 is 1.78 bits per heavy atom. The molecule has 7 heteroatoms. The van der Waals surface area contributed by atoms with Crippen LogP contribution in [0.5, 0.6) is 17.2 Å². The summed E-state index contributed by atoms with van der Waals surface area (Å²) in [5, 5.41) is 11.5. The van der Waals surface area contributed by atoms with Gasteiger partial charge in [-0.3, -0.25) is 0 Å². The largest absolute Gasteiger partial charge is 0.493 e. The summed E-state index contributed by atoms with van der Waals surface area (Å²) in [6.45, 7) is 4.27. The summed E-state index contributed by atoms with van der Waals surface area (Å²) in [5.74, 6) is -0.141. The molecule has 146 valence electrons. The lowest BCUT2D eigenvalue weighted by atomic mass is 10.1. The van der Waals surface area contributed by atoms with Crippen LogP contribution in [-0.2, 0) is 15.4 Å². The van der Waals surface area contributed by atoms with Crippen molar-refractivity contribution in [3.8, 4) is 17.2 Å². The lowest BCUT2D eigenvalue weighted by Crippen LogP contribution is -2.29. The molecule has 2 aromatic rings. The van der Waals surface area contributed by atoms with Crippen LogP contribution in [0.3, 0.4) is 0 Å². The molecule has 0 spiro atoms. The second-order valence-electron chi connectivity index (χ2n) is 6.38. The minimum atomic E-state index is -1.86. The highest BCUT2D eigenvalue weighted by Crippen LogP contribution is 2.37. The fourth-order valence-corrected chi connectivity index (χ4v) is 3.05. The maximum absolute atomic E-state index is 10.7. The van der Waals surface area contributed by atoms with Gasteiger partial charge in [0.25, 0.3) is 0 Å². The zero-order valence-corrected chi connectivity index (χ0v) is 16.5. The Morgan fingerprint density at radius 3 is 2.41 bits per heavy atom. The van der Waals surface area contributed by atoms with Crippen molar-refractivity contribution in [1.29, 1.82) is 0 Å². The van der Waals surface area contributed by atoms with Crippen LogP contribution in [0.2, 0.25) is 5.02 Å².